The number of nitrogens with one attached hydrogen (secondary N) is 2. The van der Waals surface area contributed by atoms with E-state index in [1.807, 2.05) is 13.2 Å². The van der Waals surface area contributed by atoms with Crippen LogP contribution in [0.3, 0.4) is 0 Å². The number of hydrogen-bond donors (Lipinski definition) is 5. The molecule has 30 heavy (non-hydrogen) atoms. The van der Waals surface area contributed by atoms with Gasteiger partial charge in [-0.3, -0.25) is 14.4 Å². The van der Waals surface area contributed by atoms with Gasteiger partial charge in [0.15, 0.2) is 0 Å². The molecular weight excluding hydrogens is 412 g/mol. The summed E-state index contributed by atoms with van der Waals surface area (Å²) in [5.74, 6) is -2.32. The number of nitrogens with two attached hydrogens (primary N) is 1. The molecule has 172 valence electrons. The Labute approximate surface area is 181 Å². The number of likely N-dealkylation sites (tertiary alicyclic amines) is 1. The quantitative estimate of drug-likeness (QED) is 0.259. The lowest BCUT2D eigenvalue weighted by Gasteiger charge is -2.30. The van der Waals surface area contributed by atoms with Crippen molar-refractivity contribution in [1.82, 2.24) is 15.5 Å². The van der Waals surface area contributed by atoms with E-state index < -0.39 is 54.5 Å². The standard InChI is InChI=1S/C19H34N4O6S/c1-4-11(2)15(19(28)29)22-17(26)14-6-5-8-23(14)18(27)13(7-9-30-3)21-16(25)12(20)10-24/h11-15,24H,4-10,20H2,1-3H3,(H,21,25)(H,22,26)(H,28,29). The number of thioether (sulfide) groups is 1. The highest BCUT2D eigenvalue weighted by Gasteiger charge is 2.39. The van der Waals surface area contributed by atoms with E-state index in [9.17, 15) is 24.3 Å². The SMILES string of the molecule is CCC(C)C(NC(=O)C1CCCN1C(=O)C(CCSC)NC(=O)C(N)CO)C(=O)O. The zero-order valence-corrected chi connectivity index (χ0v) is 18.6. The molecule has 5 unspecified atom stereocenters. The number of rotatable bonds is 12. The van der Waals surface area contributed by atoms with Gasteiger partial charge in [0.05, 0.1) is 6.61 Å². The molecule has 0 aromatic rings. The molecule has 1 rings (SSSR count). The molecule has 0 aromatic heterocycles. The summed E-state index contributed by atoms with van der Waals surface area (Å²) >= 11 is 1.51. The number of aliphatic carboxylic acids is 1. The molecule has 11 heteroatoms. The fourth-order valence-corrected chi connectivity index (χ4v) is 3.76. The third kappa shape index (κ3) is 7.13. The zero-order chi connectivity index (χ0) is 22.8. The lowest BCUT2D eigenvalue weighted by Crippen LogP contribution is -2.57. The zero-order valence-electron chi connectivity index (χ0n) is 17.8. The van der Waals surface area contributed by atoms with Crippen LogP contribution in [-0.2, 0) is 19.2 Å². The summed E-state index contributed by atoms with van der Waals surface area (Å²) in [5.41, 5.74) is 5.54. The van der Waals surface area contributed by atoms with Crippen LogP contribution in [0.4, 0.5) is 0 Å². The average molecular weight is 447 g/mol. The number of nitrogens with zero attached hydrogens (tertiary/aromatic N) is 1. The van der Waals surface area contributed by atoms with Gasteiger partial charge in [0.2, 0.25) is 17.7 Å². The van der Waals surface area contributed by atoms with E-state index in [4.69, 9.17) is 10.8 Å². The van der Waals surface area contributed by atoms with Crippen molar-refractivity contribution >= 4 is 35.5 Å². The van der Waals surface area contributed by atoms with E-state index in [0.29, 0.717) is 38.0 Å². The van der Waals surface area contributed by atoms with Crippen LogP contribution in [0, 0.1) is 5.92 Å². The van der Waals surface area contributed by atoms with Crippen LogP contribution < -0.4 is 16.4 Å². The van der Waals surface area contributed by atoms with Crippen molar-refractivity contribution in [2.24, 2.45) is 11.7 Å². The number of aliphatic hydroxyl groups is 1. The summed E-state index contributed by atoms with van der Waals surface area (Å²) < 4.78 is 0. The van der Waals surface area contributed by atoms with E-state index in [-0.39, 0.29) is 5.92 Å². The minimum absolute atomic E-state index is 0.259. The molecule has 0 saturated carbocycles. The molecule has 6 N–H and O–H groups in total. The van der Waals surface area contributed by atoms with Crippen molar-refractivity contribution in [3.8, 4) is 0 Å². The number of hydrogen-bond acceptors (Lipinski definition) is 7. The van der Waals surface area contributed by atoms with Crippen LogP contribution in [0.15, 0.2) is 0 Å². The minimum atomic E-state index is -1.14. The van der Waals surface area contributed by atoms with Gasteiger partial charge in [-0.25, -0.2) is 4.79 Å². The summed E-state index contributed by atoms with van der Waals surface area (Å²) in [6, 6.07) is -3.84. The molecule has 1 saturated heterocycles. The van der Waals surface area contributed by atoms with E-state index in [0.717, 1.165) is 0 Å². The van der Waals surface area contributed by atoms with Crippen LogP contribution in [0.25, 0.3) is 0 Å². The predicted molar refractivity (Wildman–Crippen MR) is 114 cm³/mol. The van der Waals surface area contributed by atoms with Gasteiger partial charge in [-0.2, -0.15) is 11.8 Å². The third-order valence-electron chi connectivity index (χ3n) is 5.37. The molecule has 0 bridgehead atoms. The molecule has 1 aliphatic heterocycles. The molecular formula is C19H34N4O6S. The first-order valence-electron chi connectivity index (χ1n) is 10.2. The highest BCUT2D eigenvalue weighted by molar-refractivity contribution is 7.98. The molecule has 1 aliphatic rings. The lowest BCUT2D eigenvalue weighted by molar-refractivity contribution is -0.146. The number of carbonyl (C=O) groups is 4. The number of carboxylic acids is 1. The van der Waals surface area contributed by atoms with Gasteiger partial charge in [0.1, 0.15) is 24.2 Å². The Morgan fingerprint density at radius 1 is 1.27 bits per heavy atom. The Morgan fingerprint density at radius 2 is 1.93 bits per heavy atom. The minimum Gasteiger partial charge on any atom is -0.480 e. The Kier molecular flexibility index (Phi) is 11.1. The van der Waals surface area contributed by atoms with Crippen molar-refractivity contribution < 1.29 is 29.4 Å². The topological polar surface area (TPSA) is 162 Å². The number of aliphatic hydroxyl groups excluding tert-OH is 1. The molecule has 0 radical (unpaired) electrons. The van der Waals surface area contributed by atoms with Gasteiger partial charge in [0, 0.05) is 6.54 Å². The number of amides is 3. The summed E-state index contributed by atoms with van der Waals surface area (Å²) in [5, 5.41) is 23.6. The van der Waals surface area contributed by atoms with Gasteiger partial charge in [-0.1, -0.05) is 20.3 Å². The second-order valence-electron chi connectivity index (χ2n) is 7.53. The maximum Gasteiger partial charge on any atom is 0.326 e. The Balaban J connectivity index is 2.94. The highest BCUT2D eigenvalue weighted by atomic mass is 32.2. The van der Waals surface area contributed by atoms with E-state index in [2.05, 4.69) is 10.6 Å². The monoisotopic (exact) mass is 446 g/mol. The molecule has 0 aliphatic carbocycles. The van der Waals surface area contributed by atoms with Gasteiger partial charge in [-0.15, -0.1) is 0 Å². The van der Waals surface area contributed by atoms with Crippen molar-refractivity contribution in [3.63, 3.8) is 0 Å². The second kappa shape index (κ2) is 12.8. The fourth-order valence-electron chi connectivity index (χ4n) is 3.29. The largest absolute Gasteiger partial charge is 0.480 e. The van der Waals surface area contributed by atoms with Crippen LogP contribution in [0.2, 0.25) is 0 Å². The maximum atomic E-state index is 13.1. The smallest absolute Gasteiger partial charge is 0.326 e. The molecule has 3 amide bonds. The first kappa shape index (κ1) is 26.2. The van der Waals surface area contributed by atoms with E-state index >= 15 is 0 Å². The Morgan fingerprint density at radius 3 is 2.47 bits per heavy atom. The molecule has 1 heterocycles. The van der Waals surface area contributed by atoms with E-state index in [1.54, 1.807) is 6.92 Å². The lowest BCUT2D eigenvalue weighted by atomic mass is 9.98. The highest BCUT2D eigenvalue weighted by Crippen LogP contribution is 2.21. The van der Waals surface area contributed by atoms with Crippen LogP contribution in [0.1, 0.15) is 39.5 Å². The first-order valence-corrected chi connectivity index (χ1v) is 11.6. The average Bonchev–Trinajstić information content (AvgIpc) is 3.22. The van der Waals surface area contributed by atoms with Crippen LogP contribution >= 0.6 is 11.8 Å². The molecule has 5 atom stereocenters. The summed E-state index contributed by atoms with van der Waals surface area (Å²) in [7, 11) is 0. The molecule has 0 spiro atoms. The summed E-state index contributed by atoms with van der Waals surface area (Å²) in [4.78, 5) is 50.9. The van der Waals surface area contributed by atoms with E-state index in [1.165, 1.54) is 16.7 Å². The van der Waals surface area contributed by atoms with Gasteiger partial charge < -0.3 is 31.5 Å². The molecule has 0 aromatic carbocycles. The molecule has 1 fully saturated rings. The van der Waals surface area contributed by atoms with Gasteiger partial charge in [-0.05, 0) is 37.2 Å². The summed E-state index contributed by atoms with van der Waals surface area (Å²) in [6.45, 7) is 3.38. The number of carbonyl (C=O) groups excluding carboxylic acids is 3. The van der Waals surface area contributed by atoms with Crippen LogP contribution in [-0.4, -0.2) is 88.1 Å². The Hall–Kier alpha value is -1.85. The third-order valence-corrected chi connectivity index (χ3v) is 6.02. The fraction of sp³-hybridized carbons (Fsp3) is 0.789. The normalized spacial score (nSPS) is 20.2. The van der Waals surface area contributed by atoms with Crippen molar-refractivity contribution in [2.45, 2.75) is 63.7 Å². The predicted octanol–water partition coefficient (Wildman–Crippen LogP) is -0.850. The Bertz CT molecular complexity index is 620. The van der Waals surface area contributed by atoms with Gasteiger partial charge in [0.25, 0.3) is 0 Å². The van der Waals surface area contributed by atoms with Crippen molar-refractivity contribution in [3.05, 3.63) is 0 Å². The second-order valence-corrected chi connectivity index (χ2v) is 8.52. The maximum absolute atomic E-state index is 13.1. The number of carboxylic acid groups (broad SMARTS) is 1. The van der Waals surface area contributed by atoms with Crippen LogP contribution in [0.5, 0.6) is 0 Å². The van der Waals surface area contributed by atoms with Gasteiger partial charge >= 0.3 is 5.97 Å². The van der Waals surface area contributed by atoms with Crippen molar-refractivity contribution in [2.75, 3.05) is 25.2 Å². The molecule has 10 nitrogen and oxygen atoms in total. The first-order chi connectivity index (χ1) is 14.2. The summed E-state index contributed by atoms with van der Waals surface area (Å²) in [6.07, 6.45) is 3.82. The van der Waals surface area contributed by atoms with Crippen molar-refractivity contribution in [1.29, 1.82) is 0 Å².